The van der Waals surface area contributed by atoms with E-state index in [4.69, 9.17) is 18.9 Å². The largest absolute Gasteiger partial charge is 0.491 e. The summed E-state index contributed by atoms with van der Waals surface area (Å²) >= 11 is 0. The van der Waals surface area contributed by atoms with Crippen molar-refractivity contribution in [2.45, 2.75) is 50.6 Å². The highest BCUT2D eigenvalue weighted by Crippen LogP contribution is 2.28. The van der Waals surface area contributed by atoms with Crippen molar-refractivity contribution in [2.75, 3.05) is 48.0 Å². The van der Waals surface area contributed by atoms with Gasteiger partial charge in [-0.3, -0.25) is 9.59 Å². The van der Waals surface area contributed by atoms with Crippen LogP contribution in [0.15, 0.2) is 18.2 Å². The van der Waals surface area contributed by atoms with Gasteiger partial charge in [0.25, 0.3) is 5.91 Å². The van der Waals surface area contributed by atoms with Gasteiger partial charge in [-0.05, 0) is 25.0 Å². The van der Waals surface area contributed by atoms with Crippen LogP contribution in [0.4, 0.5) is 0 Å². The number of hydrogen-bond donors (Lipinski definition) is 0. The second-order valence-electron chi connectivity index (χ2n) is 9.05. The number of ether oxygens (including phenoxy) is 4. The van der Waals surface area contributed by atoms with Crippen molar-refractivity contribution in [1.82, 2.24) is 9.80 Å². The smallest absolute Gasteiger partial charge is 0.257 e. The molecule has 0 aromatic heterocycles. The van der Waals surface area contributed by atoms with Gasteiger partial charge in [-0.1, -0.05) is 13.0 Å². The Morgan fingerprint density at radius 2 is 1.76 bits per heavy atom. The minimum atomic E-state index is -0.515. The average molecular weight is 474 g/mol. The Labute approximate surface area is 201 Å². The first-order valence-corrected chi connectivity index (χ1v) is 11.7. The summed E-state index contributed by atoms with van der Waals surface area (Å²) in [5.41, 5.74) is 0.609. The van der Waals surface area contributed by atoms with Crippen molar-refractivity contribution < 1.29 is 28.5 Å². The summed E-state index contributed by atoms with van der Waals surface area (Å²) in [6.07, 6.45) is 1.25. The first kappa shape index (κ1) is 25.9. The van der Waals surface area contributed by atoms with E-state index in [2.05, 4.69) is 6.07 Å². The molecule has 0 unspecified atom stereocenters. The number of likely N-dealkylation sites (N-methyl/N-ethyl adjacent to an activating group) is 2. The summed E-state index contributed by atoms with van der Waals surface area (Å²) in [5, 5.41) is 9.60. The van der Waals surface area contributed by atoms with E-state index in [9.17, 15) is 14.9 Å². The fourth-order valence-corrected chi connectivity index (χ4v) is 4.68. The van der Waals surface area contributed by atoms with Gasteiger partial charge in [0.05, 0.1) is 42.0 Å². The zero-order valence-electron chi connectivity index (χ0n) is 20.7. The van der Waals surface area contributed by atoms with Gasteiger partial charge in [-0.2, -0.15) is 5.26 Å². The fraction of sp³-hybridized carbons (Fsp3) is 0.640. The van der Waals surface area contributed by atoms with Crippen LogP contribution >= 0.6 is 0 Å². The van der Waals surface area contributed by atoms with Crippen LogP contribution in [0.25, 0.3) is 0 Å². The molecule has 9 heteroatoms. The maximum atomic E-state index is 13.3. The molecule has 2 aliphatic heterocycles. The number of para-hydroxylation sites is 1. The van der Waals surface area contributed by atoms with E-state index in [0.717, 1.165) is 12.8 Å². The summed E-state index contributed by atoms with van der Waals surface area (Å²) in [6.45, 7) is 2.70. The van der Waals surface area contributed by atoms with Crippen LogP contribution in [0.5, 0.6) is 5.75 Å². The Morgan fingerprint density at radius 1 is 1.03 bits per heavy atom. The molecule has 0 N–H and O–H groups in total. The summed E-state index contributed by atoms with van der Waals surface area (Å²) in [5.74, 6) is -0.601. The lowest BCUT2D eigenvalue weighted by atomic mass is 9.97. The van der Waals surface area contributed by atoms with Gasteiger partial charge in [0.15, 0.2) is 0 Å². The third kappa shape index (κ3) is 5.69. The van der Waals surface area contributed by atoms with Gasteiger partial charge in [-0.25, -0.2) is 0 Å². The molecule has 0 aliphatic carbocycles. The van der Waals surface area contributed by atoms with Gasteiger partial charge in [0.1, 0.15) is 17.9 Å². The Morgan fingerprint density at radius 3 is 2.44 bits per heavy atom. The third-order valence-electron chi connectivity index (χ3n) is 6.79. The molecule has 1 saturated heterocycles. The highest BCUT2D eigenvalue weighted by Gasteiger charge is 2.36. The molecule has 3 rings (SSSR count). The van der Waals surface area contributed by atoms with Crippen LogP contribution in [-0.2, 0) is 19.0 Å². The number of fused-ring (bicyclic) bond motifs is 3. The number of carbonyl (C=O) groups is 2. The number of benzene rings is 1. The van der Waals surface area contributed by atoms with Crippen LogP contribution < -0.4 is 4.74 Å². The first-order chi connectivity index (χ1) is 16.3. The van der Waals surface area contributed by atoms with Crippen molar-refractivity contribution in [3.8, 4) is 11.8 Å². The van der Waals surface area contributed by atoms with Crippen LogP contribution in [0.1, 0.15) is 42.1 Å². The van der Waals surface area contributed by atoms with E-state index in [-0.39, 0.29) is 42.4 Å². The van der Waals surface area contributed by atoms with Gasteiger partial charge >= 0.3 is 0 Å². The molecule has 1 fully saturated rings. The molecular formula is C25H35N3O6. The molecule has 2 bridgehead atoms. The lowest BCUT2D eigenvalue weighted by Crippen LogP contribution is -2.50. The molecule has 1 aromatic carbocycles. The zero-order chi connectivity index (χ0) is 24.8. The Balaban J connectivity index is 1.95. The van der Waals surface area contributed by atoms with Crippen LogP contribution in [0, 0.1) is 17.2 Å². The van der Waals surface area contributed by atoms with E-state index < -0.39 is 12.0 Å². The lowest BCUT2D eigenvalue weighted by molar-refractivity contribution is -0.154. The maximum Gasteiger partial charge on any atom is 0.257 e. The van der Waals surface area contributed by atoms with E-state index in [0.29, 0.717) is 30.7 Å². The van der Waals surface area contributed by atoms with Gasteiger partial charge in [0.2, 0.25) is 5.91 Å². The van der Waals surface area contributed by atoms with Crippen molar-refractivity contribution in [2.24, 2.45) is 5.92 Å². The highest BCUT2D eigenvalue weighted by molar-refractivity contribution is 5.97. The maximum absolute atomic E-state index is 13.3. The monoisotopic (exact) mass is 473 g/mol. The number of nitrogens with zero attached hydrogens (tertiary/aromatic N) is 3. The van der Waals surface area contributed by atoms with E-state index in [1.54, 1.807) is 51.2 Å². The predicted molar refractivity (Wildman–Crippen MR) is 125 cm³/mol. The predicted octanol–water partition coefficient (Wildman–Crippen LogP) is 2.08. The molecule has 0 radical (unpaired) electrons. The molecule has 2 aliphatic rings. The molecule has 0 saturated carbocycles. The second kappa shape index (κ2) is 11.6. The molecule has 2 amide bonds. The quantitative estimate of drug-likeness (QED) is 0.648. The van der Waals surface area contributed by atoms with Crippen molar-refractivity contribution in [3.05, 3.63) is 29.3 Å². The van der Waals surface area contributed by atoms with Crippen LogP contribution in [0.2, 0.25) is 0 Å². The molecule has 9 nitrogen and oxygen atoms in total. The Bertz CT molecular complexity index is 916. The zero-order valence-corrected chi connectivity index (χ0v) is 20.7. The Kier molecular flexibility index (Phi) is 8.89. The highest BCUT2D eigenvalue weighted by atomic mass is 16.5. The normalized spacial score (nSPS) is 29.2. The summed E-state index contributed by atoms with van der Waals surface area (Å²) in [4.78, 5) is 29.7. The SMILES string of the molecule is CO[C@@H]1CC[C@H]2CCOc3c(C#N)cccc3C(=O)N(C)C[C@@H](OC)[C@H](C)C(=O)N(C)C[C@@H]1O2. The summed E-state index contributed by atoms with van der Waals surface area (Å²) in [6, 6.07) is 7.07. The number of nitriles is 1. The first-order valence-electron chi connectivity index (χ1n) is 11.7. The molecule has 0 spiro atoms. The summed E-state index contributed by atoms with van der Waals surface area (Å²) < 4.78 is 23.6. The number of carbonyl (C=O) groups excluding carboxylic acids is 2. The molecule has 34 heavy (non-hydrogen) atoms. The van der Waals surface area contributed by atoms with E-state index in [1.807, 2.05) is 0 Å². The molecule has 186 valence electrons. The average Bonchev–Trinajstić information content (AvgIpc) is 2.85. The minimum absolute atomic E-state index is 0.0759. The van der Waals surface area contributed by atoms with Crippen molar-refractivity contribution >= 4 is 11.8 Å². The van der Waals surface area contributed by atoms with E-state index >= 15 is 0 Å². The number of methoxy groups -OCH3 is 2. The van der Waals surface area contributed by atoms with Crippen LogP contribution in [-0.4, -0.2) is 94.0 Å². The van der Waals surface area contributed by atoms with Gasteiger partial charge in [0, 0.05) is 47.8 Å². The third-order valence-corrected chi connectivity index (χ3v) is 6.79. The molecular weight excluding hydrogens is 438 g/mol. The second-order valence-corrected chi connectivity index (χ2v) is 9.05. The number of hydrogen-bond acceptors (Lipinski definition) is 7. The van der Waals surface area contributed by atoms with E-state index in [1.165, 1.54) is 12.0 Å². The molecule has 5 atom stereocenters. The molecule has 1 aromatic rings. The van der Waals surface area contributed by atoms with Crippen molar-refractivity contribution in [1.29, 1.82) is 5.26 Å². The fourth-order valence-electron chi connectivity index (χ4n) is 4.68. The molecule has 2 heterocycles. The summed E-state index contributed by atoms with van der Waals surface area (Å²) in [7, 11) is 6.61. The van der Waals surface area contributed by atoms with Crippen LogP contribution in [0.3, 0.4) is 0 Å². The minimum Gasteiger partial charge on any atom is -0.491 e. The van der Waals surface area contributed by atoms with Crippen molar-refractivity contribution in [3.63, 3.8) is 0 Å². The number of amides is 2. The topological polar surface area (TPSA) is 101 Å². The van der Waals surface area contributed by atoms with Gasteiger partial charge < -0.3 is 28.7 Å². The lowest BCUT2D eigenvalue weighted by Gasteiger charge is -2.38. The Hall–Kier alpha value is -2.67. The number of rotatable bonds is 2. The van der Waals surface area contributed by atoms with Gasteiger partial charge in [-0.15, -0.1) is 0 Å². The standard InChI is InChI=1S/C25H35N3O6/c1-16-21(32-5)14-28(3)25(30)19-8-6-7-17(13-26)23(19)33-12-11-18-9-10-20(31-4)22(34-18)15-27(2)24(16)29/h6-8,16,18,20-22H,9-12,14-15H2,1-5H3/t16-,18-,20+,21+,22-/m0/s1.